The summed E-state index contributed by atoms with van der Waals surface area (Å²) in [5, 5.41) is 9.94. The van der Waals surface area contributed by atoms with E-state index in [1.165, 1.54) is 21.9 Å². The molecule has 2 aromatic rings. The number of aromatic nitrogens is 3. The molecule has 1 aliphatic heterocycles. The first-order valence-corrected chi connectivity index (χ1v) is 9.15. The summed E-state index contributed by atoms with van der Waals surface area (Å²) in [5.74, 6) is 0. The van der Waals surface area contributed by atoms with Gasteiger partial charge in [-0.1, -0.05) is 17.4 Å². The topological polar surface area (TPSA) is 79.3 Å². The Hall–Kier alpha value is -1.58. The summed E-state index contributed by atoms with van der Waals surface area (Å²) in [4.78, 5) is 6.31. The van der Waals surface area contributed by atoms with Crippen LogP contribution in [0.1, 0.15) is 0 Å². The van der Waals surface area contributed by atoms with Gasteiger partial charge in [-0.05, 0) is 12.1 Å². The van der Waals surface area contributed by atoms with Crippen LogP contribution in [0.5, 0.6) is 0 Å². The second kappa shape index (κ2) is 5.66. The lowest BCUT2D eigenvalue weighted by molar-refractivity contribution is 0.387. The first kappa shape index (κ1) is 14.4. The molecule has 0 spiro atoms. The largest absolute Gasteiger partial charge is 0.344 e. The van der Waals surface area contributed by atoms with Crippen molar-refractivity contribution in [2.75, 3.05) is 37.3 Å². The van der Waals surface area contributed by atoms with Gasteiger partial charge < -0.3 is 4.90 Å². The Morgan fingerprint density at radius 1 is 1.14 bits per heavy atom. The number of pyridine rings is 1. The molecule has 1 fully saturated rings. The van der Waals surface area contributed by atoms with Gasteiger partial charge in [-0.25, -0.2) is 8.42 Å². The molecule has 3 rings (SSSR count). The smallest absolute Gasteiger partial charge is 0.211 e. The quantitative estimate of drug-likeness (QED) is 0.826. The second-order valence-corrected chi connectivity index (χ2v) is 7.69. The molecule has 7 nitrogen and oxygen atoms in total. The predicted octanol–water partition coefficient (Wildman–Crippen LogP) is 0.682. The Bertz CT molecular complexity index is 708. The number of piperazine rings is 1. The molecular weight excluding hydrogens is 310 g/mol. The van der Waals surface area contributed by atoms with E-state index in [0.29, 0.717) is 26.2 Å². The highest BCUT2D eigenvalue weighted by Gasteiger charge is 2.25. The zero-order valence-electron chi connectivity index (χ0n) is 11.5. The van der Waals surface area contributed by atoms with Gasteiger partial charge in [-0.2, -0.15) is 4.31 Å². The minimum Gasteiger partial charge on any atom is -0.344 e. The number of rotatable bonds is 3. The maximum atomic E-state index is 11.5. The van der Waals surface area contributed by atoms with Crippen molar-refractivity contribution in [3.05, 3.63) is 24.4 Å². The summed E-state index contributed by atoms with van der Waals surface area (Å²) in [6.45, 7) is 2.22. The Morgan fingerprint density at radius 3 is 2.52 bits per heavy atom. The standard InChI is InChI=1S/C12H15N5O2S2/c1-21(18,19)17-8-6-16(7-9-17)12-15-14-11(20-12)10-4-2-3-5-13-10/h2-5H,6-9H2,1H3. The van der Waals surface area contributed by atoms with Gasteiger partial charge in [0.2, 0.25) is 15.2 Å². The zero-order chi connectivity index (χ0) is 14.9. The SMILES string of the molecule is CS(=O)(=O)N1CCN(c2nnc(-c3ccccn3)s2)CC1. The van der Waals surface area contributed by atoms with E-state index in [1.54, 1.807) is 6.20 Å². The summed E-state index contributed by atoms with van der Waals surface area (Å²) in [6.07, 6.45) is 2.97. The van der Waals surface area contributed by atoms with Gasteiger partial charge in [0.15, 0.2) is 5.01 Å². The minimum atomic E-state index is -3.11. The first-order chi connectivity index (χ1) is 10.0. The summed E-state index contributed by atoms with van der Waals surface area (Å²) in [6, 6.07) is 5.66. The van der Waals surface area contributed by atoms with E-state index in [9.17, 15) is 8.42 Å². The van der Waals surface area contributed by atoms with E-state index < -0.39 is 10.0 Å². The molecule has 0 N–H and O–H groups in total. The maximum Gasteiger partial charge on any atom is 0.211 e. The van der Waals surface area contributed by atoms with Crippen LogP contribution in [-0.2, 0) is 10.0 Å². The molecule has 2 aromatic heterocycles. The Balaban J connectivity index is 1.71. The lowest BCUT2D eigenvalue weighted by Gasteiger charge is -2.32. The lowest BCUT2D eigenvalue weighted by Crippen LogP contribution is -2.48. The van der Waals surface area contributed by atoms with E-state index in [2.05, 4.69) is 20.1 Å². The van der Waals surface area contributed by atoms with Crippen LogP contribution in [0.4, 0.5) is 5.13 Å². The highest BCUT2D eigenvalue weighted by Crippen LogP contribution is 2.27. The average Bonchev–Trinajstić information content (AvgIpc) is 2.97. The van der Waals surface area contributed by atoms with E-state index >= 15 is 0 Å². The minimum absolute atomic E-state index is 0.483. The lowest BCUT2D eigenvalue weighted by atomic mass is 10.4. The van der Waals surface area contributed by atoms with E-state index in [0.717, 1.165) is 15.8 Å². The van der Waals surface area contributed by atoms with Gasteiger partial charge >= 0.3 is 0 Å². The van der Waals surface area contributed by atoms with Crippen molar-refractivity contribution in [1.82, 2.24) is 19.5 Å². The Kier molecular flexibility index (Phi) is 3.87. The number of hydrogen-bond donors (Lipinski definition) is 0. The van der Waals surface area contributed by atoms with Gasteiger partial charge in [-0.3, -0.25) is 4.98 Å². The second-order valence-electron chi connectivity index (χ2n) is 4.75. The maximum absolute atomic E-state index is 11.5. The molecule has 0 aromatic carbocycles. The summed E-state index contributed by atoms with van der Waals surface area (Å²) in [5.41, 5.74) is 0.802. The molecule has 0 atom stereocenters. The van der Waals surface area contributed by atoms with Crippen molar-refractivity contribution >= 4 is 26.5 Å². The molecule has 112 valence electrons. The Morgan fingerprint density at radius 2 is 1.90 bits per heavy atom. The highest BCUT2D eigenvalue weighted by atomic mass is 32.2. The van der Waals surface area contributed by atoms with Gasteiger partial charge in [0.1, 0.15) is 5.69 Å². The van der Waals surface area contributed by atoms with Crippen molar-refractivity contribution in [3.8, 4) is 10.7 Å². The molecule has 3 heterocycles. The van der Waals surface area contributed by atoms with Crippen LogP contribution in [-0.4, -0.2) is 60.3 Å². The third kappa shape index (κ3) is 3.20. The zero-order valence-corrected chi connectivity index (χ0v) is 13.1. The fraction of sp³-hybridized carbons (Fsp3) is 0.417. The van der Waals surface area contributed by atoms with Gasteiger partial charge in [0, 0.05) is 32.4 Å². The van der Waals surface area contributed by atoms with Crippen LogP contribution >= 0.6 is 11.3 Å². The molecule has 0 unspecified atom stereocenters. The van der Waals surface area contributed by atoms with Crippen LogP contribution < -0.4 is 4.90 Å². The van der Waals surface area contributed by atoms with Gasteiger partial charge in [0.05, 0.1) is 6.26 Å². The van der Waals surface area contributed by atoms with E-state index in [-0.39, 0.29) is 0 Å². The number of sulfonamides is 1. The van der Waals surface area contributed by atoms with Crippen LogP contribution in [0, 0.1) is 0 Å². The Labute approximate surface area is 127 Å². The molecule has 0 amide bonds. The fourth-order valence-electron chi connectivity index (χ4n) is 2.15. The van der Waals surface area contributed by atoms with Crippen molar-refractivity contribution in [2.24, 2.45) is 0 Å². The number of nitrogens with zero attached hydrogens (tertiary/aromatic N) is 5. The molecule has 0 saturated carbocycles. The molecule has 0 bridgehead atoms. The van der Waals surface area contributed by atoms with Gasteiger partial charge in [0.25, 0.3) is 0 Å². The molecule has 9 heteroatoms. The van der Waals surface area contributed by atoms with Crippen molar-refractivity contribution in [2.45, 2.75) is 0 Å². The first-order valence-electron chi connectivity index (χ1n) is 6.49. The summed E-state index contributed by atoms with van der Waals surface area (Å²) >= 11 is 1.47. The fourth-order valence-corrected chi connectivity index (χ4v) is 3.85. The highest BCUT2D eigenvalue weighted by molar-refractivity contribution is 7.88. The van der Waals surface area contributed by atoms with Crippen molar-refractivity contribution in [3.63, 3.8) is 0 Å². The third-order valence-electron chi connectivity index (χ3n) is 3.28. The van der Waals surface area contributed by atoms with Crippen molar-refractivity contribution < 1.29 is 8.42 Å². The molecule has 0 aliphatic carbocycles. The van der Waals surface area contributed by atoms with E-state index in [4.69, 9.17) is 0 Å². The van der Waals surface area contributed by atoms with Crippen LogP contribution in [0.15, 0.2) is 24.4 Å². The van der Waals surface area contributed by atoms with E-state index in [1.807, 2.05) is 18.2 Å². The summed E-state index contributed by atoms with van der Waals surface area (Å²) < 4.78 is 24.5. The van der Waals surface area contributed by atoms with Crippen molar-refractivity contribution in [1.29, 1.82) is 0 Å². The number of hydrogen-bond acceptors (Lipinski definition) is 7. The molecule has 21 heavy (non-hydrogen) atoms. The molecule has 0 radical (unpaired) electrons. The van der Waals surface area contributed by atoms with Crippen LogP contribution in [0.3, 0.4) is 0 Å². The van der Waals surface area contributed by atoms with Gasteiger partial charge in [-0.15, -0.1) is 10.2 Å². The molecule has 1 saturated heterocycles. The number of anilines is 1. The van der Waals surface area contributed by atoms with Crippen LogP contribution in [0.25, 0.3) is 10.7 Å². The monoisotopic (exact) mass is 325 g/mol. The average molecular weight is 325 g/mol. The predicted molar refractivity (Wildman–Crippen MR) is 81.8 cm³/mol. The third-order valence-corrected chi connectivity index (χ3v) is 5.59. The van der Waals surface area contributed by atoms with Crippen LogP contribution in [0.2, 0.25) is 0 Å². The normalized spacial score (nSPS) is 17.1. The molecule has 1 aliphatic rings. The molecular formula is C12H15N5O2S2. The summed E-state index contributed by atoms with van der Waals surface area (Å²) in [7, 11) is -3.11.